The Balaban J connectivity index is 2.41. The molecular weight excluding hydrogens is 282 g/mol. The van der Waals surface area contributed by atoms with E-state index >= 15 is 0 Å². The lowest BCUT2D eigenvalue weighted by Crippen LogP contribution is -2.25. The fourth-order valence-electron chi connectivity index (χ4n) is 2.06. The molecule has 0 spiro atoms. The summed E-state index contributed by atoms with van der Waals surface area (Å²) in [7, 11) is 2.04. The Hall–Kier alpha value is -1.66. The number of hydrazine groups is 1. The fraction of sp³-hybridized carbons (Fsp3) is 0.467. The number of aromatic nitrogens is 2. The summed E-state index contributed by atoms with van der Waals surface area (Å²) in [4.78, 5) is 12.7. The van der Waals surface area contributed by atoms with E-state index in [4.69, 9.17) is 10.8 Å². The molecule has 0 saturated heterocycles. The Kier molecular flexibility index (Phi) is 4.49. The Bertz CT molecular complexity index is 601. The molecule has 0 aliphatic carbocycles. The maximum atomic E-state index is 5.61. The van der Waals surface area contributed by atoms with Gasteiger partial charge in [-0.3, -0.25) is 0 Å². The van der Waals surface area contributed by atoms with E-state index in [9.17, 15) is 0 Å². The quantitative estimate of drug-likeness (QED) is 0.671. The van der Waals surface area contributed by atoms with Crippen LogP contribution in [0.1, 0.15) is 37.0 Å². The van der Waals surface area contributed by atoms with Crippen LogP contribution in [0.25, 0.3) is 0 Å². The number of nitrogens with one attached hydrogen (secondary N) is 1. The fourth-order valence-corrected chi connectivity index (χ4v) is 2.82. The van der Waals surface area contributed by atoms with Gasteiger partial charge in [0.05, 0.1) is 6.54 Å². The van der Waals surface area contributed by atoms with E-state index in [1.54, 1.807) is 11.3 Å². The third-order valence-electron chi connectivity index (χ3n) is 3.26. The van der Waals surface area contributed by atoms with Crippen LogP contribution in [-0.2, 0) is 12.0 Å². The summed E-state index contributed by atoms with van der Waals surface area (Å²) in [5.74, 6) is 7.99. The van der Waals surface area contributed by atoms with Crippen molar-refractivity contribution in [2.24, 2.45) is 5.84 Å². The van der Waals surface area contributed by atoms with Crippen LogP contribution in [0, 0.1) is 6.92 Å². The molecule has 0 amide bonds. The monoisotopic (exact) mass is 305 g/mol. The van der Waals surface area contributed by atoms with Crippen molar-refractivity contribution >= 4 is 23.0 Å². The molecule has 0 radical (unpaired) electrons. The van der Waals surface area contributed by atoms with Crippen molar-refractivity contribution in [2.45, 2.75) is 39.7 Å². The van der Waals surface area contributed by atoms with Crippen molar-refractivity contribution in [2.75, 3.05) is 17.4 Å². The van der Waals surface area contributed by atoms with Gasteiger partial charge in [0.1, 0.15) is 17.5 Å². The van der Waals surface area contributed by atoms with Gasteiger partial charge in [-0.15, -0.1) is 11.3 Å². The molecule has 21 heavy (non-hydrogen) atoms. The van der Waals surface area contributed by atoms with Gasteiger partial charge in [0.25, 0.3) is 0 Å². The van der Waals surface area contributed by atoms with Gasteiger partial charge < -0.3 is 10.3 Å². The normalized spacial score (nSPS) is 11.5. The first kappa shape index (κ1) is 15.7. The van der Waals surface area contributed by atoms with Crippen LogP contribution in [-0.4, -0.2) is 17.0 Å². The van der Waals surface area contributed by atoms with E-state index in [2.05, 4.69) is 53.6 Å². The topological polar surface area (TPSA) is 67.1 Å². The predicted molar refractivity (Wildman–Crippen MR) is 89.7 cm³/mol. The first-order valence-corrected chi connectivity index (χ1v) is 7.80. The van der Waals surface area contributed by atoms with Crippen molar-refractivity contribution in [3.05, 3.63) is 33.8 Å². The van der Waals surface area contributed by atoms with Gasteiger partial charge in [-0.1, -0.05) is 26.8 Å². The standard InChI is InChI=1S/C15H23N5S/c1-10-12(19-16)17-14(15(2,3)4)18-13(10)20(5)9-11-7-6-8-21-11/h6-8H,9,16H2,1-5H3,(H,17,18,19). The lowest BCUT2D eigenvalue weighted by molar-refractivity contribution is 0.544. The molecule has 0 saturated carbocycles. The van der Waals surface area contributed by atoms with Crippen LogP contribution in [0.3, 0.4) is 0 Å². The van der Waals surface area contributed by atoms with E-state index in [0.717, 1.165) is 23.8 Å². The second-order valence-corrected chi connectivity index (χ2v) is 7.21. The van der Waals surface area contributed by atoms with E-state index in [1.165, 1.54) is 4.88 Å². The SMILES string of the molecule is Cc1c(NN)nc(C(C)(C)C)nc1N(C)Cc1cccs1. The predicted octanol–water partition coefficient (Wildman–Crippen LogP) is 3.07. The maximum Gasteiger partial charge on any atom is 0.148 e. The minimum atomic E-state index is -0.127. The number of thiophene rings is 1. The molecule has 2 aromatic heterocycles. The molecule has 0 fully saturated rings. The highest BCUT2D eigenvalue weighted by Gasteiger charge is 2.22. The molecule has 6 heteroatoms. The molecule has 0 aliphatic heterocycles. The summed E-state index contributed by atoms with van der Waals surface area (Å²) < 4.78 is 0. The van der Waals surface area contributed by atoms with Crippen LogP contribution < -0.4 is 16.2 Å². The Morgan fingerprint density at radius 3 is 2.57 bits per heavy atom. The Labute approximate surface area is 130 Å². The Morgan fingerprint density at radius 2 is 2.05 bits per heavy atom. The first-order chi connectivity index (χ1) is 9.82. The molecule has 5 nitrogen and oxygen atoms in total. The van der Waals surface area contributed by atoms with Crippen molar-refractivity contribution in [1.82, 2.24) is 9.97 Å². The highest BCUT2D eigenvalue weighted by molar-refractivity contribution is 7.09. The van der Waals surface area contributed by atoms with Crippen LogP contribution in [0.5, 0.6) is 0 Å². The van der Waals surface area contributed by atoms with Gasteiger partial charge in [-0.05, 0) is 18.4 Å². The number of hydrogen-bond donors (Lipinski definition) is 2. The Morgan fingerprint density at radius 1 is 1.33 bits per heavy atom. The van der Waals surface area contributed by atoms with Crippen LogP contribution in [0.2, 0.25) is 0 Å². The van der Waals surface area contributed by atoms with Gasteiger partial charge in [0.2, 0.25) is 0 Å². The van der Waals surface area contributed by atoms with Gasteiger partial charge in [0, 0.05) is 22.9 Å². The molecule has 0 aliphatic rings. The average Bonchev–Trinajstić information content (AvgIpc) is 2.90. The third kappa shape index (κ3) is 3.51. The number of nitrogen functional groups attached to an aromatic ring is 1. The second kappa shape index (κ2) is 5.99. The number of anilines is 2. The van der Waals surface area contributed by atoms with Crippen LogP contribution in [0.4, 0.5) is 11.6 Å². The zero-order chi connectivity index (χ0) is 15.6. The van der Waals surface area contributed by atoms with E-state index in [-0.39, 0.29) is 5.41 Å². The largest absolute Gasteiger partial charge is 0.354 e. The average molecular weight is 305 g/mol. The molecule has 0 aromatic carbocycles. The lowest BCUT2D eigenvalue weighted by Gasteiger charge is -2.25. The first-order valence-electron chi connectivity index (χ1n) is 6.92. The van der Waals surface area contributed by atoms with Crippen molar-refractivity contribution in [3.63, 3.8) is 0 Å². The minimum Gasteiger partial charge on any atom is -0.354 e. The number of rotatable bonds is 4. The van der Waals surface area contributed by atoms with Crippen LogP contribution in [0.15, 0.2) is 17.5 Å². The summed E-state index contributed by atoms with van der Waals surface area (Å²) in [6.07, 6.45) is 0. The number of hydrogen-bond acceptors (Lipinski definition) is 6. The highest BCUT2D eigenvalue weighted by atomic mass is 32.1. The number of nitrogens with zero attached hydrogens (tertiary/aromatic N) is 3. The third-order valence-corrected chi connectivity index (χ3v) is 4.12. The minimum absolute atomic E-state index is 0.127. The zero-order valence-corrected chi connectivity index (χ0v) is 14.1. The van der Waals surface area contributed by atoms with Gasteiger partial charge in [-0.2, -0.15) is 0 Å². The van der Waals surface area contributed by atoms with Gasteiger partial charge >= 0.3 is 0 Å². The van der Waals surface area contributed by atoms with Crippen molar-refractivity contribution in [1.29, 1.82) is 0 Å². The summed E-state index contributed by atoms with van der Waals surface area (Å²) in [6, 6.07) is 4.19. The zero-order valence-electron chi connectivity index (χ0n) is 13.3. The highest BCUT2D eigenvalue weighted by Crippen LogP contribution is 2.28. The second-order valence-electron chi connectivity index (χ2n) is 6.17. The molecule has 3 N–H and O–H groups in total. The van der Waals surface area contributed by atoms with E-state index in [1.807, 2.05) is 14.0 Å². The molecule has 2 heterocycles. The van der Waals surface area contributed by atoms with E-state index in [0.29, 0.717) is 5.82 Å². The molecule has 2 rings (SSSR count). The number of nitrogens with two attached hydrogens (primary N) is 1. The lowest BCUT2D eigenvalue weighted by atomic mass is 9.95. The van der Waals surface area contributed by atoms with Crippen molar-refractivity contribution < 1.29 is 0 Å². The molecule has 114 valence electrons. The molecule has 0 unspecified atom stereocenters. The van der Waals surface area contributed by atoms with Crippen LogP contribution >= 0.6 is 11.3 Å². The summed E-state index contributed by atoms with van der Waals surface area (Å²) in [5, 5.41) is 2.09. The van der Waals surface area contributed by atoms with Gasteiger partial charge in [0.15, 0.2) is 0 Å². The maximum absolute atomic E-state index is 5.61. The molecule has 2 aromatic rings. The van der Waals surface area contributed by atoms with Gasteiger partial charge in [-0.25, -0.2) is 15.8 Å². The molecule has 0 bridgehead atoms. The summed E-state index contributed by atoms with van der Waals surface area (Å²) in [5.41, 5.74) is 3.52. The van der Waals surface area contributed by atoms with E-state index < -0.39 is 0 Å². The van der Waals surface area contributed by atoms with Crippen molar-refractivity contribution in [3.8, 4) is 0 Å². The summed E-state index contributed by atoms with van der Waals surface area (Å²) >= 11 is 1.75. The molecular formula is C15H23N5S. The smallest absolute Gasteiger partial charge is 0.148 e. The molecule has 0 atom stereocenters. The summed E-state index contributed by atoms with van der Waals surface area (Å²) in [6.45, 7) is 9.11.